The molecule has 0 aliphatic carbocycles. The van der Waals surface area contributed by atoms with Gasteiger partial charge in [0.05, 0.1) is 18.5 Å². The molecule has 0 aliphatic heterocycles. The van der Waals surface area contributed by atoms with Gasteiger partial charge in [0.25, 0.3) is 0 Å². The van der Waals surface area contributed by atoms with Crippen molar-refractivity contribution in [3.05, 3.63) is 65.9 Å². The van der Waals surface area contributed by atoms with Crippen LogP contribution in [0.3, 0.4) is 0 Å². The number of amides is 1. The third-order valence-corrected chi connectivity index (χ3v) is 4.46. The quantitative estimate of drug-likeness (QED) is 0.614. The smallest absolute Gasteiger partial charge is 0.226 e. The molecule has 0 fully saturated rings. The highest BCUT2D eigenvalue weighted by atomic mass is 16.5. The fourth-order valence-corrected chi connectivity index (χ4v) is 3.06. The molecule has 1 amide bonds. The van der Waals surface area contributed by atoms with Gasteiger partial charge in [0.1, 0.15) is 11.5 Å². The molecule has 0 atom stereocenters. The van der Waals surface area contributed by atoms with Crippen molar-refractivity contribution in [2.45, 2.75) is 39.7 Å². The Bertz CT molecular complexity index is 948. The number of aromatic nitrogens is 2. The number of hydrogen-bond donors (Lipinski definition) is 1. The average Bonchev–Trinajstić information content (AvgIpc) is 3.02. The Morgan fingerprint density at radius 1 is 1.07 bits per heavy atom. The van der Waals surface area contributed by atoms with Gasteiger partial charge in [-0.1, -0.05) is 18.2 Å². The van der Waals surface area contributed by atoms with Crippen molar-refractivity contribution in [1.82, 2.24) is 15.1 Å². The lowest BCUT2D eigenvalue weighted by Gasteiger charge is -2.12. The third-order valence-electron chi connectivity index (χ3n) is 4.46. The number of para-hydroxylation sites is 1. The number of carbonyl (C=O) groups is 1. The number of ether oxygens (including phenoxy) is 2. The summed E-state index contributed by atoms with van der Waals surface area (Å²) in [7, 11) is 1.64. The molecule has 0 radical (unpaired) electrons. The van der Waals surface area contributed by atoms with E-state index in [9.17, 15) is 4.79 Å². The van der Waals surface area contributed by atoms with Gasteiger partial charge in [-0.25, -0.2) is 4.68 Å². The van der Waals surface area contributed by atoms with Crippen LogP contribution in [-0.4, -0.2) is 28.8 Å². The minimum atomic E-state index is 0.0160. The van der Waals surface area contributed by atoms with Crippen LogP contribution in [0.1, 0.15) is 31.5 Å². The second kappa shape index (κ2) is 9.28. The van der Waals surface area contributed by atoms with E-state index in [-0.39, 0.29) is 11.9 Å². The molecule has 0 bridgehead atoms. The molecule has 29 heavy (non-hydrogen) atoms. The van der Waals surface area contributed by atoms with Crippen molar-refractivity contribution in [1.29, 1.82) is 0 Å². The van der Waals surface area contributed by atoms with Gasteiger partial charge in [-0.3, -0.25) is 4.79 Å². The SMILES string of the molecule is COc1ccc(-n2nc(C)c(CCC(=O)NC(C)C)c2Oc2ccccc2)cc1. The lowest BCUT2D eigenvalue weighted by Crippen LogP contribution is -2.30. The van der Waals surface area contributed by atoms with Crippen molar-refractivity contribution in [3.63, 3.8) is 0 Å². The molecular formula is C23H27N3O3. The molecule has 1 heterocycles. The molecule has 6 heteroatoms. The number of methoxy groups -OCH3 is 1. The van der Waals surface area contributed by atoms with Crippen LogP contribution in [0.15, 0.2) is 54.6 Å². The topological polar surface area (TPSA) is 65.4 Å². The predicted molar refractivity (Wildman–Crippen MR) is 113 cm³/mol. The highest BCUT2D eigenvalue weighted by molar-refractivity contribution is 5.76. The van der Waals surface area contributed by atoms with Gasteiger partial charge in [0.2, 0.25) is 11.8 Å². The van der Waals surface area contributed by atoms with Gasteiger partial charge >= 0.3 is 0 Å². The van der Waals surface area contributed by atoms with Crippen molar-refractivity contribution < 1.29 is 14.3 Å². The van der Waals surface area contributed by atoms with E-state index in [2.05, 4.69) is 5.32 Å². The maximum absolute atomic E-state index is 12.2. The van der Waals surface area contributed by atoms with Crippen LogP contribution >= 0.6 is 0 Å². The normalized spacial score (nSPS) is 10.8. The standard InChI is InChI=1S/C23H27N3O3/c1-16(2)24-22(27)15-14-21-17(3)25-26(18-10-12-19(28-4)13-11-18)23(21)29-20-8-6-5-7-9-20/h5-13,16H,14-15H2,1-4H3,(H,24,27). The maximum atomic E-state index is 12.2. The summed E-state index contributed by atoms with van der Waals surface area (Å²) in [6.07, 6.45) is 0.918. The third kappa shape index (κ3) is 5.16. The number of benzene rings is 2. The van der Waals surface area contributed by atoms with Gasteiger partial charge in [-0.05, 0) is 63.6 Å². The first kappa shape index (κ1) is 20.5. The Morgan fingerprint density at radius 3 is 2.38 bits per heavy atom. The largest absolute Gasteiger partial charge is 0.497 e. The van der Waals surface area contributed by atoms with Gasteiger partial charge in [-0.15, -0.1) is 0 Å². The highest BCUT2D eigenvalue weighted by Crippen LogP contribution is 2.32. The van der Waals surface area contributed by atoms with Crippen molar-refractivity contribution in [2.24, 2.45) is 0 Å². The monoisotopic (exact) mass is 393 g/mol. The first-order chi connectivity index (χ1) is 14.0. The zero-order valence-corrected chi connectivity index (χ0v) is 17.3. The molecule has 1 N–H and O–H groups in total. The Kier molecular flexibility index (Phi) is 6.54. The number of aryl methyl sites for hydroxylation is 1. The zero-order valence-electron chi connectivity index (χ0n) is 17.3. The minimum absolute atomic E-state index is 0.0160. The van der Waals surface area contributed by atoms with Gasteiger partial charge in [-0.2, -0.15) is 5.10 Å². The molecule has 0 saturated heterocycles. The van der Waals surface area contributed by atoms with E-state index in [0.29, 0.717) is 18.7 Å². The molecular weight excluding hydrogens is 366 g/mol. The molecule has 6 nitrogen and oxygen atoms in total. The number of carbonyl (C=O) groups excluding carboxylic acids is 1. The molecule has 0 unspecified atom stereocenters. The van der Waals surface area contributed by atoms with Crippen LogP contribution in [0, 0.1) is 6.92 Å². The Hall–Kier alpha value is -3.28. The highest BCUT2D eigenvalue weighted by Gasteiger charge is 2.20. The molecule has 3 aromatic rings. The Morgan fingerprint density at radius 2 is 1.76 bits per heavy atom. The number of hydrogen-bond acceptors (Lipinski definition) is 4. The van der Waals surface area contributed by atoms with E-state index in [1.165, 1.54) is 0 Å². The fraction of sp³-hybridized carbons (Fsp3) is 0.304. The number of nitrogens with one attached hydrogen (secondary N) is 1. The average molecular weight is 393 g/mol. The Balaban J connectivity index is 1.95. The van der Waals surface area contributed by atoms with Crippen LogP contribution in [0.5, 0.6) is 17.4 Å². The van der Waals surface area contributed by atoms with Crippen LogP contribution in [0.4, 0.5) is 0 Å². The summed E-state index contributed by atoms with van der Waals surface area (Å²) >= 11 is 0. The van der Waals surface area contributed by atoms with E-state index in [0.717, 1.165) is 28.4 Å². The van der Waals surface area contributed by atoms with Crippen LogP contribution in [0.2, 0.25) is 0 Å². The fourth-order valence-electron chi connectivity index (χ4n) is 3.06. The van der Waals surface area contributed by atoms with Crippen molar-refractivity contribution in [2.75, 3.05) is 7.11 Å². The molecule has 0 spiro atoms. The first-order valence-electron chi connectivity index (χ1n) is 9.73. The number of nitrogens with zero attached hydrogens (tertiary/aromatic N) is 2. The van der Waals surface area contributed by atoms with Crippen LogP contribution in [0.25, 0.3) is 5.69 Å². The summed E-state index contributed by atoms with van der Waals surface area (Å²) in [5.41, 5.74) is 2.62. The molecule has 2 aromatic carbocycles. The summed E-state index contributed by atoms with van der Waals surface area (Å²) in [4.78, 5) is 12.2. The van der Waals surface area contributed by atoms with Crippen molar-refractivity contribution in [3.8, 4) is 23.1 Å². The lowest BCUT2D eigenvalue weighted by atomic mass is 10.1. The van der Waals surface area contributed by atoms with Crippen LogP contribution in [-0.2, 0) is 11.2 Å². The summed E-state index contributed by atoms with van der Waals surface area (Å²) in [5, 5.41) is 7.62. The Labute approximate surface area is 171 Å². The summed E-state index contributed by atoms with van der Waals surface area (Å²) in [5.74, 6) is 2.13. The van der Waals surface area contributed by atoms with Gasteiger partial charge in [0.15, 0.2) is 0 Å². The lowest BCUT2D eigenvalue weighted by molar-refractivity contribution is -0.121. The molecule has 0 aliphatic rings. The van der Waals surface area contributed by atoms with Crippen LogP contribution < -0.4 is 14.8 Å². The summed E-state index contributed by atoms with van der Waals surface area (Å²) in [6, 6.07) is 17.3. The second-order valence-corrected chi connectivity index (χ2v) is 7.12. The van der Waals surface area contributed by atoms with E-state index in [1.54, 1.807) is 11.8 Å². The van der Waals surface area contributed by atoms with Crippen molar-refractivity contribution >= 4 is 5.91 Å². The van der Waals surface area contributed by atoms with E-state index >= 15 is 0 Å². The van der Waals surface area contributed by atoms with E-state index < -0.39 is 0 Å². The van der Waals surface area contributed by atoms with Gasteiger partial charge < -0.3 is 14.8 Å². The molecule has 1 aromatic heterocycles. The second-order valence-electron chi connectivity index (χ2n) is 7.12. The molecule has 0 saturated carbocycles. The maximum Gasteiger partial charge on any atom is 0.226 e. The number of rotatable bonds is 8. The summed E-state index contributed by atoms with van der Waals surface area (Å²) in [6.45, 7) is 5.84. The minimum Gasteiger partial charge on any atom is -0.497 e. The first-order valence-corrected chi connectivity index (χ1v) is 9.73. The van der Waals surface area contributed by atoms with E-state index in [1.807, 2.05) is 75.4 Å². The zero-order chi connectivity index (χ0) is 20.8. The van der Waals surface area contributed by atoms with E-state index in [4.69, 9.17) is 14.6 Å². The molecule has 152 valence electrons. The molecule has 3 rings (SSSR count). The summed E-state index contributed by atoms with van der Waals surface area (Å²) < 4.78 is 13.2. The predicted octanol–water partition coefficient (Wildman–Crippen LogP) is 4.44. The van der Waals surface area contributed by atoms with Gasteiger partial charge in [0, 0.05) is 18.0 Å².